The number of nitrogens with zero attached hydrogens (tertiary/aromatic N) is 1. The molecule has 0 spiro atoms. The van der Waals surface area contributed by atoms with Gasteiger partial charge in [-0.1, -0.05) is 0 Å². The Labute approximate surface area is 59.7 Å². The molecule has 1 N–H and O–H groups in total. The highest BCUT2D eigenvalue weighted by Crippen LogP contribution is 2.24. The van der Waals surface area contributed by atoms with Gasteiger partial charge in [-0.25, -0.2) is 5.10 Å². The molecule has 0 saturated carbocycles. The van der Waals surface area contributed by atoms with Gasteiger partial charge in [-0.05, 0) is 0 Å². The van der Waals surface area contributed by atoms with Crippen molar-refractivity contribution in [1.29, 1.82) is 0 Å². The lowest BCUT2D eigenvalue weighted by atomic mass is 10.9. The molecule has 0 bridgehead atoms. The maximum atomic E-state index is 4.83. The van der Waals surface area contributed by atoms with Crippen molar-refractivity contribution in [2.24, 2.45) is 0 Å². The van der Waals surface area contributed by atoms with E-state index in [4.69, 9.17) is 12.2 Å². The summed E-state index contributed by atoms with van der Waals surface area (Å²) in [7, 11) is -0.198. The molecule has 1 atom stereocenters. The molecule has 1 heterocycles. The molecule has 8 heavy (non-hydrogen) atoms. The van der Waals surface area contributed by atoms with Crippen molar-refractivity contribution < 1.29 is 0 Å². The number of aryl methyl sites for hydroxylation is 1. The van der Waals surface area contributed by atoms with Gasteiger partial charge >= 0.3 is 3.95 Å². The van der Waals surface area contributed by atoms with Crippen LogP contribution in [0, 0.1) is 10.9 Å². The number of hydrogen-bond acceptors (Lipinski definition) is 3. The van der Waals surface area contributed by atoms with E-state index in [1.54, 1.807) is 0 Å². The van der Waals surface area contributed by atoms with E-state index in [0.717, 1.165) is 8.96 Å². The summed E-state index contributed by atoms with van der Waals surface area (Å²) in [5, 5.41) is 7.50. The molecule has 0 aliphatic carbocycles. The summed E-state index contributed by atoms with van der Waals surface area (Å²) >= 11 is 9.00. The average Bonchev–Trinajstić information content (AvgIpc) is 1.98. The van der Waals surface area contributed by atoms with Crippen molar-refractivity contribution in [3.63, 3.8) is 0 Å². The molecule has 1 aromatic heterocycles. The summed E-state index contributed by atoms with van der Waals surface area (Å²) < 4.78 is 0.728. The second-order valence-corrected chi connectivity index (χ2v) is 4.65. The van der Waals surface area contributed by atoms with E-state index in [1.165, 1.54) is 0 Å². The van der Waals surface area contributed by atoms with Gasteiger partial charge in [0.25, 0.3) is 12.2 Å². The average molecular weight is 165 g/mol. The quantitative estimate of drug-likeness (QED) is 0.266. The molecule has 1 aromatic rings. The zero-order chi connectivity index (χ0) is 6.15. The van der Waals surface area contributed by atoms with E-state index in [0.29, 0.717) is 0 Å². The monoisotopic (exact) mass is 165 g/mol. The largest absolute Gasteiger partial charge is 0.384 e. The van der Waals surface area contributed by atoms with Crippen LogP contribution in [0.5, 0.6) is 0 Å². The van der Waals surface area contributed by atoms with E-state index < -0.39 is 0 Å². The number of nitrogens with one attached hydrogen (secondary N) is 1. The maximum Gasteiger partial charge on any atom is 0.384 e. The zero-order valence-corrected chi connectivity index (χ0v) is 6.74. The first-order chi connectivity index (χ1) is 3.72. The minimum Gasteiger partial charge on any atom is -0.218 e. The molecule has 2 nitrogen and oxygen atoms in total. The lowest BCUT2D eigenvalue weighted by Crippen LogP contribution is -1.65. The van der Waals surface area contributed by atoms with Crippen molar-refractivity contribution in [3.8, 4) is 0 Å². The highest BCUT2D eigenvalue weighted by Gasteiger charge is 2.04. The Morgan fingerprint density at radius 1 is 1.88 bits per heavy atom. The number of thiol groups is 1. The third-order valence-electron chi connectivity index (χ3n) is 0.760. The molecule has 0 saturated heterocycles. The Morgan fingerprint density at radius 2 is 2.50 bits per heavy atom. The number of rotatable bonds is 0. The summed E-state index contributed by atoms with van der Waals surface area (Å²) in [4.78, 5) is 0. The number of aromatic amines is 1. The van der Waals surface area contributed by atoms with Gasteiger partial charge < -0.3 is 0 Å². The number of H-pyrrole nitrogens is 1. The van der Waals surface area contributed by atoms with E-state index in [-0.39, 0.29) is 9.50 Å². The van der Waals surface area contributed by atoms with Gasteiger partial charge in [-0.3, -0.25) is 0 Å². The topological polar surface area (TPSA) is 28.7 Å². The third-order valence-corrected chi connectivity index (χ3v) is 4.16. The lowest BCUT2D eigenvalue weighted by Gasteiger charge is -1.69. The minimum absolute atomic E-state index is 0.198. The standard InChI is InChI=1S/C3H4N2S3/c1-2-4-5-3(6)8(2)7/h7H,1H3/p+1. The Kier molecular flexibility index (Phi) is 1.69. The predicted octanol–water partition coefficient (Wildman–Crippen LogP) is 1.89. The third kappa shape index (κ3) is 0.936. The van der Waals surface area contributed by atoms with E-state index in [2.05, 4.69) is 21.9 Å². The van der Waals surface area contributed by atoms with E-state index in [1.807, 2.05) is 6.92 Å². The van der Waals surface area contributed by atoms with Crippen LogP contribution in [0.4, 0.5) is 0 Å². The molecule has 1 unspecified atom stereocenters. The van der Waals surface area contributed by atoms with Crippen molar-refractivity contribution in [2.75, 3.05) is 0 Å². The van der Waals surface area contributed by atoms with E-state index in [9.17, 15) is 0 Å². The molecule has 0 aromatic carbocycles. The van der Waals surface area contributed by atoms with Gasteiger partial charge in [-0.2, -0.15) is 0 Å². The zero-order valence-electron chi connectivity index (χ0n) is 4.21. The summed E-state index contributed by atoms with van der Waals surface area (Å²) in [5.41, 5.74) is 0. The van der Waals surface area contributed by atoms with Gasteiger partial charge in [0.15, 0.2) is 5.01 Å². The second-order valence-electron chi connectivity index (χ2n) is 1.31. The van der Waals surface area contributed by atoms with Crippen molar-refractivity contribution >= 4 is 33.4 Å². The predicted molar refractivity (Wildman–Crippen MR) is 41.0 cm³/mol. The summed E-state index contributed by atoms with van der Waals surface area (Å²) in [6.07, 6.45) is 0. The van der Waals surface area contributed by atoms with Crippen LogP contribution in [-0.2, 0) is 0 Å². The Morgan fingerprint density at radius 3 is 2.62 bits per heavy atom. The summed E-state index contributed by atoms with van der Waals surface area (Å²) in [5.74, 6) is 0. The van der Waals surface area contributed by atoms with Crippen molar-refractivity contribution in [2.45, 2.75) is 6.92 Å². The fourth-order valence-electron chi connectivity index (χ4n) is 0.345. The Bertz CT molecular complexity index is 235. The van der Waals surface area contributed by atoms with Crippen LogP contribution in [0.3, 0.4) is 0 Å². The van der Waals surface area contributed by atoms with Crippen LogP contribution in [0.25, 0.3) is 0 Å². The summed E-state index contributed by atoms with van der Waals surface area (Å²) in [6, 6.07) is 0. The highest BCUT2D eigenvalue weighted by molar-refractivity contribution is 8.34. The van der Waals surface area contributed by atoms with Crippen LogP contribution >= 0.6 is 33.4 Å². The van der Waals surface area contributed by atoms with Crippen LogP contribution in [0.1, 0.15) is 5.01 Å². The van der Waals surface area contributed by atoms with Gasteiger partial charge in [0, 0.05) is 28.1 Å². The molecule has 44 valence electrons. The summed E-state index contributed by atoms with van der Waals surface area (Å²) in [6.45, 7) is 1.91. The number of hydrogen-bond donors (Lipinski definition) is 2. The van der Waals surface area contributed by atoms with Crippen molar-refractivity contribution in [1.82, 2.24) is 10.2 Å². The van der Waals surface area contributed by atoms with Gasteiger partial charge in [0.1, 0.15) is 0 Å². The molecular weight excluding hydrogens is 160 g/mol. The molecule has 0 radical (unpaired) electrons. The van der Waals surface area contributed by atoms with Gasteiger partial charge in [-0.15, -0.1) is 5.10 Å². The van der Waals surface area contributed by atoms with Crippen LogP contribution in [0.2, 0.25) is 0 Å². The molecule has 0 aliphatic heterocycles. The molecular formula is C3H5N2S3+. The molecule has 5 heteroatoms. The van der Waals surface area contributed by atoms with Gasteiger partial charge in [0.2, 0.25) is 0 Å². The SMILES string of the molecule is Cc1n[nH]c(=S)[s+]1S. The fourth-order valence-corrected chi connectivity index (χ4v) is 1.53. The Hall–Kier alpha value is 0.130. The lowest BCUT2D eigenvalue weighted by molar-refractivity contribution is 1.04. The molecule has 0 aliphatic rings. The number of aromatic nitrogens is 2. The second kappa shape index (κ2) is 2.16. The van der Waals surface area contributed by atoms with Gasteiger partial charge in [0.05, 0.1) is 0 Å². The van der Waals surface area contributed by atoms with E-state index >= 15 is 0 Å². The first-order valence-corrected chi connectivity index (χ1v) is 4.68. The highest BCUT2D eigenvalue weighted by atomic mass is 33.1. The van der Waals surface area contributed by atoms with Crippen LogP contribution < -0.4 is 0 Å². The minimum atomic E-state index is -0.198. The van der Waals surface area contributed by atoms with Crippen LogP contribution in [0.15, 0.2) is 0 Å². The molecule has 0 amide bonds. The van der Waals surface area contributed by atoms with Crippen LogP contribution in [-0.4, -0.2) is 10.2 Å². The Balaban J connectivity index is 3.41. The van der Waals surface area contributed by atoms with Crippen molar-refractivity contribution in [3.05, 3.63) is 8.96 Å². The first kappa shape index (κ1) is 6.25. The molecule has 0 fully saturated rings. The fraction of sp³-hybridized carbons (Fsp3) is 0.333. The smallest absolute Gasteiger partial charge is 0.218 e. The first-order valence-electron chi connectivity index (χ1n) is 1.99. The maximum absolute atomic E-state index is 4.83. The molecule has 1 rings (SSSR count). The normalized spacial score (nSPS) is 12.0.